The van der Waals surface area contributed by atoms with Crippen LogP contribution < -0.4 is 4.74 Å². The van der Waals surface area contributed by atoms with E-state index in [1.54, 1.807) is 0 Å². The Morgan fingerprint density at radius 1 is 1.28 bits per heavy atom. The van der Waals surface area contributed by atoms with Crippen LogP contribution in [0.25, 0.3) is 0 Å². The van der Waals surface area contributed by atoms with Gasteiger partial charge in [0, 0.05) is 5.56 Å². The normalized spacial score (nSPS) is 12.9. The highest BCUT2D eigenvalue weighted by Crippen LogP contribution is 2.27. The van der Waals surface area contributed by atoms with Gasteiger partial charge >= 0.3 is 5.97 Å². The molecule has 0 spiro atoms. The smallest absolute Gasteiger partial charge is 0.310 e. The number of para-hydroxylation sites is 1. The molecule has 0 bridgehead atoms. The molecule has 0 aliphatic rings. The molecule has 0 fully saturated rings. The number of benzene rings is 1. The molecular weight excluding hydrogens is 228 g/mol. The van der Waals surface area contributed by atoms with E-state index >= 15 is 0 Å². The van der Waals surface area contributed by atoms with Crippen LogP contribution in [0.1, 0.15) is 33.3 Å². The summed E-state index contributed by atoms with van der Waals surface area (Å²) in [4.78, 5) is 11.3. The summed E-state index contributed by atoms with van der Waals surface area (Å²) < 4.78 is 10.6. The summed E-state index contributed by atoms with van der Waals surface area (Å²) in [5, 5.41) is 0. The molecule has 1 unspecified atom stereocenters. The third-order valence-electron chi connectivity index (χ3n) is 3.06. The number of esters is 1. The van der Waals surface area contributed by atoms with Crippen LogP contribution in [-0.2, 0) is 16.0 Å². The van der Waals surface area contributed by atoms with Crippen molar-refractivity contribution in [1.82, 2.24) is 0 Å². The van der Waals surface area contributed by atoms with Crippen molar-refractivity contribution < 1.29 is 14.3 Å². The molecular formula is C15H22O3. The molecule has 0 aromatic heterocycles. The van der Waals surface area contributed by atoms with E-state index in [-0.39, 0.29) is 23.9 Å². The average Bonchev–Trinajstić information content (AvgIpc) is 2.30. The SMILES string of the molecule is COC(=O)Cc1ccccc1OC(C)C(C)(C)C. The fourth-order valence-corrected chi connectivity index (χ4v) is 1.36. The molecule has 0 heterocycles. The van der Waals surface area contributed by atoms with Crippen molar-refractivity contribution in [2.45, 2.75) is 40.2 Å². The number of rotatable bonds is 4. The van der Waals surface area contributed by atoms with Gasteiger partial charge in [-0.05, 0) is 18.4 Å². The largest absolute Gasteiger partial charge is 0.490 e. The third kappa shape index (κ3) is 4.06. The predicted octanol–water partition coefficient (Wildman–Crippen LogP) is 3.22. The van der Waals surface area contributed by atoms with Gasteiger partial charge in [0.15, 0.2) is 0 Å². The van der Waals surface area contributed by atoms with Crippen LogP contribution in [0.4, 0.5) is 0 Å². The standard InChI is InChI=1S/C15H22O3/c1-11(15(2,3)4)18-13-9-7-6-8-12(13)10-14(16)17-5/h6-9,11H,10H2,1-5H3. The topological polar surface area (TPSA) is 35.5 Å². The number of ether oxygens (including phenoxy) is 2. The van der Waals surface area contributed by atoms with Gasteiger partial charge in [-0.3, -0.25) is 4.79 Å². The summed E-state index contributed by atoms with van der Waals surface area (Å²) in [5.74, 6) is 0.500. The molecule has 1 aromatic rings. The molecule has 0 aliphatic carbocycles. The van der Waals surface area contributed by atoms with Gasteiger partial charge in [0.25, 0.3) is 0 Å². The van der Waals surface area contributed by atoms with Crippen molar-refractivity contribution in [1.29, 1.82) is 0 Å². The molecule has 18 heavy (non-hydrogen) atoms. The van der Waals surface area contributed by atoms with Gasteiger partial charge in [0.05, 0.1) is 13.5 Å². The maximum absolute atomic E-state index is 11.3. The maximum Gasteiger partial charge on any atom is 0.310 e. The molecule has 3 nitrogen and oxygen atoms in total. The Hall–Kier alpha value is -1.51. The van der Waals surface area contributed by atoms with E-state index in [4.69, 9.17) is 4.74 Å². The lowest BCUT2D eigenvalue weighted by Gasteiger charge is -2.28. The lowest BCUT2D eigenvalue weighted by Crippen LogP contribution is -2.29. The summed E-state index contributed by atoms with van der Waals surface area (Å²) >= 11 is 0. The molecule has 100 valence electrons. The zero-order valence-electron chi connectivity index (χ0n) is 11.8. The first-order valence-electron chi connectivity index (χ1n) is 6.16. The van der Waals surface area contributed by atoms with Crippen LogP contribution in [0.5, 0.6) is 5.75 Å². The molecule has 1 atom stereocenters. The van der Waals surface area contributed by atoms with Gasteiger partial charge in [0.1, 0.15) is 11.9 Å². The number of carbonyl (C=O) groups excluding carboxylic acids is 1. The van der Waals surface area contributed by atoms with Gasteiger partial charge in [-0.2, -0.15) is 0 Å². The molecule has 3 heteroatoms. The van der Waals surface area contributed by atoms with E-state index in [0.29, 0.717) is 0 Å². The van der Waals surface area contributed by atoms with E-state index in [1.807, 2.05) is 31.2 Å². The van der Waals surface area contributed by atoms with Crippen LogP contribution in [-0.4, -0.2) is 19.2 Å². The minimum atomic E-state index is -0.255. The number of methoxy groups -OCH3 is 1. The van der Waals surface area contributed by atoms with Crippen LogP contribution >= 0.6 is 0 Å². The predicted molar refractivity (Wildman–Crippen MR) is 71.7 cm³/mol. The summed E-state index contributed by atoms with van der Waals surface area (Å²) in [5.41, 5.74) is 0.915. The second-order valence-electron chi connectivity index (χ2n) is 5.49. The highest BCUT2D eigenvalue weighted by Gasteiger charge is 2.22. The Kier molecular flexibility index (Phi) is 4.76. The van der Waals surface area contributed by atoms with Crippen molar-refractivity contribution in [2.24, 2.45) is 5.41 Å². The highest BCUT2D eigenvalue weighted by molar-refractivity contribution is 5.73. The van der Waals surface area contributed by atoms with Crippen molar-refractivity contribution in [2.75, 3.05) is 7.11 Å². The summed E-state index contributed by atoms with van der Waals surface area (Å²) in [6.07, 6.45) is 0.306. The summed E-state index contributed by atoms with van der Waals surface area (Å²) in [7, 11) is 1.39. The minimum absolute atomic E-state index is 0.0539. The van der Waals surface area contributed by atoms with E-state index in [1.165, 1.54) is 7.11 Å². The van der Waals surface area contributed by atoms with E-state index in [0.717, 1.165) is 11.3 Å². The second-order valence-corrected chi connectivity index (χ2v) is 5.49. The fraction of sp³-hybridized carbons (Fsp3) is 0.533. The van der Waals surface area contributed by atoms with Gasteiger partial charge in [-0.25, -0.2) is 0 Å². The first-order chi connectivity index (χ1) is 8.34. The Morgan fingerprint density at radius 3 is 2.44 bits per heavy atom. The monoisotopic (exact) mass is 250 g/mol. The molecule has 0 saturated heterocycles. The Morgan fingerprint density at radius 2 is 1.89 bits per heavy atom. The van der Waals surface area contributed by atoms with Crippen molar-refractivity contribution in [3.63, 3.8) is 0 Å². The minimum Gasteiger partial charge on any atom is -0.490 e. The van der Waals surface area contributed by atoms with E-state index < -0.39 is 0 Å². The third-order valence-corrected chi connectivity index (χ3v) is 3.06. The Labute approximate surface area is 109 Å². The van der Waals surface area contributed by atoms with Gasteiger partial charge in [-0.15, -0.1) is 0 Å². The van der Waals surface area contributed by atoms with Crippen LogP contribution in [0.15, 0.2) is 24.3 Å². The molecule has 0 amide bonds. The lowest BCUT2D eigenvalue weighted by atomic mass is 9.90. The quantitative estimate of drug-likeness (QED) is 0.770. The first kappa shape index (κ1) is 14.6. The van der Waals surface area contributed by atoms with Gasteiger partial charge in [0.2, 0.25) is 0 Å². The van der Waals surface area contributed by atoms with Crippen LogP contribution in [0, 0.1) is 5.41 Å². The molecule has 0 N–H and O–H groups in total. The molecule has 0 aliphatic heterocycles. The number of hydrogen-bond donors (Lipinski definition) is 0. The average molecular weight is 250 g/mol. The van der Waals surface area contributed by atoms with Crippen molar-refractivity contribution >= 4 is 5.97 Å². The van der Waals surface area contributed by atoms with Crippen LogP contribution in [0.2, 0.25) is 0 Å². The maximum atomic E-state index is 11.3. The Balaban J connectivity index is 2.85. The van der Waals surface area contributed by atoms with Crippen molar-refractivity contribution in [3.8, 4) is 5.75 Å². The Bertz CT molecular complexity index is 404. The van der Waals surface area contributed by atoms with Crippen molar-refractivity contribution in [3.05, 3.63) is 29.8 Å². The number of carbonyl (C=O) groups is 1. The molecule has 0 saturated carbocycles. The molecule has 0 radical (unpaired) electrons. The van der Waals surface area contributed by atoms with Gasteiger partial charge in [-0.1, -0.05) is 39.0 Å². The summed E-state index contributed by atoms with van der Waals surface area (Å²) in [6, 6.07) is 7.58. The van der Waals surface area contributed by atoms with E-state index in [9.17, 15) is 4.79 Å². The molecule has 1 aromatic carbocycles. The number of hydrogen-bond acceptors (Lipinski definition) is 3. The molecule has 1 rings (SSSR count). The zero-order valence-corrected chi connectivity index (χ0v) is 11.8. The first-order valence-corrected chi connectivity index (χ1v) is 6.16. The highest BCUT2D eigenvalue weighted by atomic mass is 16.5. The lowest BCUT2D eigenvalue weighted by molar-refractivity contribution is -0.139. The van der Waals surface area contributed by atoms with Crippen LogP contribution in [0.3, 0.4) is 0 Å². The summed E-state index contributed by atoms with van der Waals surface area (Å²) in [6.45, 7) is 8.41. The zero-order chi connectivity index (χ0) is 13.8. The van der Waals surface area contributed by atoms with E-state index in [2.05, 4.69) is 25.5 Å². The van der Waals surface area contributed by atoms with Gasteiger partial charge < -0.3 is 9.47 Å². The fourth-order valence-electron chi connectivity index (χ4n) is 1.36. The second kappa shape index (κ2) is 5.89.